The zero-order valence-corrected chi connectivity index (χ0v) is 12.4. The number of aromatic nitrogens is 6. The summed E-state index contributed by atoms with van der Waals surface area (Å²) in [5.74, 6) is 1.99. The molecule has 8 heteroatoms. The molecule has 0 spiro atoms. The van der Waals surface area contributed by atoms with Crippen molar-refractivity contribution in [3.8, 4) is 0 Å². The first kappa shape index (κ1) is 14.2. The maximum atomic E-state index is 5.81. The Labute approximate surface area is 123 Å². The summed E-state index contributed by atoms with van der Waals surface area (Å²) >= 11 is 0. The zero-order chi connectivity index (χ0) is 14.7. The molecular formula is C13H21N7O. The van der Waals surface area contributed by atoms with Crippen molar-refractivity contribution in [3.63, 3.8) is 0 Å². The van der Waals surface area contributed by atoms with Gasteiger partial charge in [-0.25, -0.2) is 9.97 Å². The van der Waals surface area contributed by atoms with Crippen LogP contribution >= 0.6 is 0 Å². The minimum absolute atomic E-state index is 0.0329. The first-order valence-electron chi connectivity index (χ1n) is 7.31. The molecule has 1 N–H and O–H groups in total. The average Bonchev–Trinajstić information content (AvgIpc) is 3.17. The molecule has 1 atom stereocenters. The number of ether oxygens (including phenoxy) is 1. The van der Waals surface area contributed by atoms with Crippen molar-refractivity contribution in [3.05, 3.63) is 24.3 Å². The maximum absolute atomic E-state index is 5.81. The number of nitrogens with one attached hydrogen (secondary N) is 1. The number of H-pyrrole nitrogens is 1. The second kappa shape index (κ2) is 6.31. The Hall–Kier alpha value is -1.80. The monoisotopic (exact) mass is 291 g/mol. The minimum Gasteiger partial charge on any atom is -0.368 e. The molecule has 2 aromatic rings. The highest BCUT2D eigenvalue weighted by Gasteiger charge is 2.25. The van der Waals surface area contributed by atoms with Gasteiger partial charge in [0.25, 0.3) is 0 Å². The highest BCUT2D eigenvalue weighted by Crippen LogP contribution is 2.20. The van der Waals surface area contributed by atoms with Gasteiger partial charge in [0.15, 0.2) is 11.6 Å². The molecule has 1 aliphatic heterocycles. The van der Waals surface area contributed by atoms with Crippen LogP contribution in [0.5, 0.6) is 0 Å². The van der Waals surface area contributed by atoms with Crippen LogP contribution in [0.3, 0.4) is 0 Å². The lowest BCUT2D eigenvalue weighted by molar-refractivity contribution is -0.0352. The van der Waals surface area contributed by atoms with E-state index >= 15 is 0 Å². The van der Waals surface area contributed by atoms with E-state index in [0.717, 1.165) is 37.8 Å². The molecule has 8 nitrogen and oxygen atoms in total. The molecule has 21 heavy (non-hydrogen) atoms. The summed E-state index contributed by atoms with van der Waals surface area (Å²) in [6.07, 6.45) is 3.27. The van der Waals surface area contributed by atoms with Crippen molar-refractivity contribution < 1.29 is 4.74 Å². The Morgan fingerprint density at radius 1 is 1.43 bits per heavy atom. The fraction of sp³-hybridized carbons (Fsp3) is 0.692. The quantitative estimate of drug-likeness (QED) is 0.868. The summed E-state index contributed by atoms with van der Waals surface area (Å²) in [4.78, 5) is 10.8. The largest absolute Gasteiger partial charge is 0.368 e. The molecule has 3 rings (SSSR count). The molecule has 0 saturated carbocycles. The smallest absolute Gasteiger partial charge is 0.155 e. The van der Waals surface area contributed by atoms with Crippen LogP contribution in [0.25, 0.3) is 0 Å². The van der Waals surface area contributed by atoms with Crippen molar-refractivity contribution >= 4 is 0 Å². The van der Waals surface area contributed by atoms with Crippen molar-refractivity contribution in [2.24, 2.45) is 0 Å². The summed E-state index contributed by atoms with van der Waals surface area (Å²) in [5, 5.41) is 11.4. The second-order valence-corrected chi connectivity index (χ2v) is 5.55. The Morgan fingerprint density at radius 2 is 2.33 bits per heavy atom. The molecular weight excluding hydrogens is 270 g/mol. The number of nitrogens with zero attached hydrogens (tertiary/aromatic N) is 6. The molecule has 114 valence electrons. The van der Waals surface area contributed by atoms with E-state index < -0.39 is 0 Å². The lowest BCUT2D eigenvalue weighted by atomic mass is 10.2. The highest BCUT2D eigenvalue weighted by atomic mass is 16.5. The third kappa shape index (κ3) is 3.45. The Balaban J connectivity index is 1.57. The molecule has 1 fully saturated rings. The van der Waals surface area contributed by atoms with Crippen molar-refractivity contribution in [2.75, 3.05) is 26.2 Å². The summed E-state index contributed by atoms with van der Waals surface area (Å²) in [6.45, 7) is 8.38. The maximum Gasteiger partial charge on any atom is 0.155 e. The predicted octanol–water partition coefficient (Wildman–Crippen LogP) is 0.593. The number of morpholine rings is 1. The SMILES string of the molecule is CC(C)c1n[nH]c(C2CN(CCn3cncn3)CCO2)n1. The van der Waals surface area contributed by atoms with Gasteiger partial charge in [-0.05, 0) is 0 Å². The van der Waals surface area contributed by atoms with Gasteiger partial charge in [-0.1, -0.05) is 13.8 Å². The summed E-state index contributed by atoms with van der Waals surface area (Å²) < 4.78 is 7.66. The number of aromatic amines is 1. The standard InChI is InChI=1S/C13H21N7O/c1-10(2)12-16-13(18-17-12)11-7-19(5-6-21-11)3-4-20-9-14-8-15-20/h8-11H,3-7H2,1-2H3,(H,16,17,18). The van der Waals surface area contributed by atoms with Gasteiger partial charge in [-0.3, -0.25) is 14.7 Å². The lowest BCUT2D eigenvalue weighted by Gasteiger charge is -2.31. The van der Waals surface area contributed by atoms with Gasteiger partial charge in [0.1, 0.15) is 18.8 Å². The molecule has 0 radical (unpaired) electrons. The zero-order valence-electron chi connectivity index (χ0n) is 12.4. The lowest BCUT2D eigenvalue weighted by Crippen LogP contribution is -2.40. The van der Waals surface area contributed by atoms with E-state index in [2.05, 4.69) is 44.0 Å². The van der Waals surface area contributed by atoms with Crippen LogP contribution in [0.2, 0.25) is 0 Å². The first-order valence-corrected chi connectivity index (χ1v) is 7.31. The molecule has 0 aliphatic carbocycles. The van der Waals surface area contributed by atoms with Crippen LogP contribution in [-0.2, 0) is 11.3 Å². The first-order chi connectivity index (χ1) is 10.2. The van der Waals surface area contributed by atoms with Crippen molar-refractivity contribution in [2.45, 2.75) is 32.4 Å². The van der Waals surface area contributed by atoms with E-state index in [0.29, 0.717) is 12.5 Å². The Morgan fingerprint density at radius 3 is 3.05 bits per heavy atom. The van der Waals surface area contributed by atoms with E-state index in [-0.39, 0.29) is 6.10 Å². The molecule has 2 aromatic heterocycles. The molecule has 0 amide bonds. The van der Waals surface area contributed by atoms with Gasteiger partial charge in [-0.2, -0.15) is 10.2 Å². The molecule has 1 aliphatic rings. The second-order valence-electron chi connectivity index (χ2n) is 5.55. The van der Waals surface area contributed by atoms with Crippen LogP contribution in [0, 0.1) is 0 Å². The average molecular weight is 291 g/mol. The third-order valence-corrected chi connectivity index (χ3v) is 3.60. The Bertz CT molecular complexity index is 551. The van der Waals surface area contributed by atoms with E-state index in [4.69, 9.17) is 4.74 Å². The van der Waals surface area contributed by atoms with E-state index in [1.54, 1.807) is 12.7 Å². The van der Waals surface area contributed by atoms with Crippen LogP contribution in [-0.4, -0.2) is 61.1 Å². The molecule has 0 bridgehead atoms. The fourth-order valence-electron chi connectivity index (χ4n) is 2.35. The fourth-order valence-corrected chi connectivity index (χ4v) is 2.35. The van der Waals surface area contributed by atoms with Gasteiger partial charge in [0.2, 0.25) is 0 Å². The number of rotatable bonds is 5. The normalized spacial score (nSPS) is 20.2. The molecule has 3 heterocycles. The van der Waals surface area contributed by atoms with Gasteiger partial charge in [-0.15, -0.1) is 0 Å². The van der Waals surface area contributed by atoms with Crippen LogP contribution in [0.4, 0.5) is 0 Å². The third-order valence-electron chi connectivity index (χ3n) is 3.60. The van der Waals surface area contributed by atoms with Crippen LogP contribution in [0.1, 0.15) is 37.5 Å². The van der Waals surface area contributed by atoms with Gasteiger partial charge < -0.3 is 4.74 Å². The minimum atomic E-state index is -0.0329. The number of hydrogen-bond donors (Lipinski definition) is 1. The Kier molecular flexibility index (Phi) is 4.26. The van der Waals surface area contributed by atoms with Crippen LogP contribution in [0.15, 0.2) is 12.7 Å². The van der Waals surface area contributed by atoms with Crippen molar-refractivity contribution in [1.29, 1.82) is 0 Å². The summed E-state index contributed by atoms with van der Waals surface area (Å²) in [5.41, 5.74) is 0. The highest BCUT2D eigenvalue weighted by molar-refractivity contribution is 4.99. The van der Waals surface area contributed by atoms with Crippen molar-refractivity contribution in [1.82, 2.24) is 34.8 Å². The summed E-state index contributed by atoms with van der Waals surface area (Å²) in [6, 6.07) is 0. The van der Waals surface area contributed by atoms with E-state index in [1.807, 2.05) is 4.68 Å². The van der Waals surface area contributed by atoms with Gasteiger partial charge >= 0.3 is 0 Å². The van der Waals surface area contributed by atoms with E-state index in [1.165, 1.54) is 0 Å². The molecule has 1 saturated heterocycles. The van der Waals surface area contributed by atoms with Gasteiger partial charge in [0, 0.05) is 25.6 Å². The summed E-state index contributed by atoms with van der Waals surface area (Å²) in [7, 11) is 0. The van der Waals surface area contributed by atoms with Crippen LogP contribution < -0.4 is 0 Å². The molecule has 1 unspecified atom stereocenters. The topological polar surface area (TPSA) is 84.8 Å². The van der Waals surface area contributed by atoms with Gasteiger partial charge in [0.05, 0.1) is 13.2 Å². The predicted molar refractivity (Wildman–Crippen MR) is 75.6 cm³/mol. The number of hydrogen-bond acceptors (Lipinski definition) is 6. The van der Waals surface area contributed by atoms with E-state index in [9.17, 15) is 0 Å². The molecule has 0 aromatic carbocycles.